The lowest BCUT2D eigenvalue weighted by Gasteiger charge is -2.30. The van der Waals surface area contributed by atoms with Gasteiger partial charge in [0.1, 0.15) is 12.2 Å². The Bertz CT molecular complexity index is 1470. The van der Waals surface area contributed by atoms with Crippen LogP contribution in [-0.4, -0.2) is 60.2 Å². The number of hydrogen-bond donors (Lipinski definition) is 1. The van der Waals surface area contributed by atoms with E-state index >= 15 is 0 Å². The Kier molecular flexibility index (Phi) is 9.46. The zero-order valence-electron chi connectivity index (χ0n) is 22.9. The zero-order chi connectivity index (χ0) is 28.8. The van der Waals surface area contributed by atoms with Gasteiger partial charge in [-0.05, 0) is 55.8 Å². The summed E-state index contributed by atoms with van der Waals surface area (Å²) in [5, 5.41) is 2.89. The summed E-state index contributed by atoms with van der Waals surface area (Å²) in [4.78, 5) is 34.0. The molecule has 4 aromatic rings. The van der Waals surface area contributed by atoms with Gasteiger partial charge in [0.05, 0.1) is 23.4 Å². The SMILES string of the molecule is COc1ccc(C(OC)C(=O)N(CC(=O)Nc2nc(-c3ccc(Cl)s3)cn2-c2ccccc2)C(C)C)cc1OC. The van der Waals surface area contributed by atoms with Crippen molar-refractivity contribution in [3.05, 3.63) is 76.8 Å². The summed E-state index contributed by atoms with van der Waals surface area (Å²) in [5.41, 5.74) is 2.07. The largest absolute Gasteiger partial charge is 0.493 e. The molecule has 2 amide bonds. The third-order valence-electron chi connectivity index (χ3n) is 6.21. The maximum atomic E-state index is 13.7. The second kappa shape index (κ2) is 13.0. The first-order valence-electron chi connectivity index (χ1n) is 12.5. The molecule has 2 aromatic carbocycles. The van der Waals surface area contributed by atoms with Gasteiger partial charge in [-0.1, -0.05) is 35.9 Å². The number of carbonyl (C=O) groups excluding carboxylic acids is 2. The zero-order valence-corrected chi connectivity index (χ0v) is 24.5. The standard InChI is InChI=1S/C29H31ClN4O5S/c1-18(2)33(28(36)27(39-5)19-11-12-22(37-3)23(15-19)38-4)17-26(35)32-29-31-21(24-13-14-25(30)40-24)16-34(29)20-9-7-6-8-10-20/h6-16,18,27H,17H2,1-5H3,(H,31,32,35). The van der Waals surface area contributed by atoms with Gasteiger partial charge in [-0.15, -0.1) is 11.3 Å². The molecule has 0 saturated heterocycles. The normalized spacial score (nSPS) is 11.8. The van der Waals surface area contributed by atoms with E-state index in [2.05, 4.69) is 10.3 Å². The van der Waals surface area contributed by atoms with Gasteiger partial charge in [0.25, 0.3) is 5.91 Å². The predicted octanol–water partition coefficient (Wildman–Crippen LogP) is 5.83. The Morgan fingerprint density at radius 3 is 2.35 bits per heavy atom. The molecule has 0 aliphatic heterocycles. The first-order valence-corrected chi connectivity index (χ1v) is 13.7. The van der Waals surface area contributed by atoms with Gasteiger partial charge in [0.15, 0.2) is 17.6 Å². The fraction of sp³-hybridized carbons (Fsp3) is 0.276. The Hall–Kier alpha value is -3.86. The second-order valence-corrected chi connectivity index (χ2v) is 10.8. The second-order valence-electron chi connectivity index (χ2n) is 9.10. The molecule has 1 atom stereocenters. The predicted molar refractivity (Wildman–Crippen MR) is 157 cm³/mol. The first kappa shape index (κ1) is 29.1. The summed E-state index contributed by atoms with van der Waals surface area (Å²) < 4.78 is 18.7. The highest BCUT2D eigenvalue weighted by molar-refractivity contribution is 7.19. The van der Waals surface area contributed by atoms with Crippen LogP contribution in [0.15, 0.2) is 66.9 Å². The van der Waals surface area contributed by atoms with E-state index in [9.17, 15) is 9.59 Å². The van der Waals surface area contributed by atoms with Crippen LogP contribution in [0.3, 0.4) is 0 Å². The van der Waals surface area contributed by atoms with Gasteiger partial charge in [0, 0.05) is 25.0 Å². The topological polar surface area (TPSA) is 94.9 Å². The number of methoxy groups -OCH3 is 3. The number of aromatic nitrogens is 2. The Morgan fingerprint density at radius 1 is 1.02 bits per heavy atom. The Morgan fingerprint density at radius 2 is 1.75 bits per heavy atom. The van der Waals surface area contributed by atoms with Crippen LogP contribution < -0.4 is 14.8 Å². The van der Waals surface area contributed by atoms with Crippen molar-refractivity contribution in [2.24, 2.45) is 0 Å². The van der Waals surface area contributed by atoms with E-state index in [1.54, 1.807) is 28.8 Å². The molecule has 11 heteroatoms. The van der Waals surface area contributed by atoms with E-state index in [1.807, 2.05) is 56.4 Å². The van der Waals surface area contributed by atoms with Crippen molar-refractivity contribution < 1.29 is 23.8 Å². The van der Waals surface area contributed by atoms with E-state index in [1.165, 1.54) is 37.6 Å². The van der Waals surface area contributed by atoms with Gasteiger partial charge in [-0.2, -0.15) is 0 Å². The third kappa shape index (κ3) is 6.47. The summed E-state index contributed by atoms with van der Waals surface area (Å²) in [6, 6.07) is 18.1. The number of hydrogen-bond acceptors (Lipinski definition) is 7. The van der Waals surface area contributed by atoms with Crippen LogP contribution in [0, 0.1) is 0 Å². The number of thiophene rings is 1. The number of nitrogens with zero attached hydrogens (tertiary/aromatic N) is 3. The van der Waals surface area contributed by atoms with Crippen molar-refractivity contribution in [2.75, 3.05) is 33.2 Å². The smallest absolute Gasteiger partial charge is 0.257 e. The highest BCUT2D eigenvalue weighted by Crippen LogP contribution is 2.33. The van der Waals surface area contributed by atoms with E-state index < -0.39 is 12.0 Å². The van der Waals surface area contributed by atoms with Gasteiger partial charge in [-0.25, -0.2) is 4.98 Å². The minimum atomic E-state index is -0.948. The Labute approximate surface area is 242 Å². The first-order chi connectivity index (χ1) is 19.2. The molecule has 0 aliphatic carbocycles. The summed E-state index contributed by atoms with van der Waals surface area (Å²) in [5.74, 6) is 0.573. The van der Waals surface area contributed by atoms with Crippen molar-refractivity contribution >= 4 is 40.7 Å². The van der Waals surface area contributed by atoms with E-state index in [-0.39, 0.29) is 18.5 Å². The molecule has 4 rings (SSSR count). The molecule has 0 spiro atoms. The van der Waals surface area contributed by atoms with Crippen molar-refractivity contribution in [2.45, 2.75) is 26.0 Å². The molecule has 210 valence electrons. The van der Waals surface area contributed by atoms with Crippen LogP contribution in [0.5, 0.6) is 11.5 Å². The van der Waals surface area contributed by atoms with Gasteiger partial charge in [-0.3, -0.25) is 19.5 Å². The minimum Gasteiger partial charge on any atom is -0.493 e. The number of nitrogens with one attached hydrogen (secondary N) is 1. The molecule has 0 aliphatic rings. The lowest BCUT2D eigenvalue weighted by Crippen LogP contribution is -2.45. The summed E-state index contributed by atoms with van der Waals surface area (Å²) >= 11 is 7.54. The maximum Gasteiger partial charge on any atom is 0.257 e. The van der Waals surface area contributed by atoms with Crippen molar-refractivity contribution in [1.82, 2.24) is 14.5 Å². The van der Waals surface area contributed by atoms with Crippen molar-refractivity contribution in [3.63, 3.8) is 0 Å². The molecule has 2 heterocycles. The summed E-state index contributed by atoms with van der Waals surface area (Å²) in [7, 11) is 4.51. The lowest BCUT2D eigenvalue weighted by molar-refractivity contribution is -0.146. The molecule has 2 aromatic heterocycles. The van der Waals surface area contributed by atoms with Crippen molar-refractivity contribution in [1.29, 1.82) is 0 Å². The molecule has 1 unspecified atom stereocenters. The van der Waals surface area contributed by atoms with Crippen LogP contribution in [0.2, 0.25) is 4.34 Å². The minimum absolute atomic E-state index is 0.203. The average molecular weight is 583 g/mol. The highest BCUT2D eigenvalue weighted by Gasteiger charge is 2.30. The van der Waals surface area contributed by atoms with Crippen LogP contribution in [0.1, 0.15) is 25.5 Å². The van der Waals surface area contributed by atoms with Crippen LogP contribution in [0.4, 0.5) is 5.95 Å². The number of imidazole rings is 1. The third-order valence-corrected chi connectivity index (χ3v) is 7.46. The molecule has 40 heavy (non-hydrogen) atoms. The monoisotopic (exact) mass is 582 g/mol. The summed E-state index contributed by atoms with van der Waals surface area (Å²) in [6.07, 6.45) is 0.896. The number of ether oxygens (including phenoxy) is 3. The number of carbonyl (C=O) groups is 2. The number of rotatable bonds is 11. The molecule has 0 saturated carbocycles. The number of halogens is 1. The van der Waals surface area contributed by atoms with E-state index in [0.717, 1.165) is 10.6 Å². The lowest BCUT2D eigenvalue weighted by atomic mass is 10.1. The van der Waals surface area contributed by atoms with Crippen LogP contribution in [0.25, 0.3) is 16.3 Å². The van der Waals surface area contributed by atoms with E-state index in [4.69, 9.17) is 25.8 Å². The Balaban J connectivity index is 1.58. The fourth-order valence-corrected chi connectivity index (χ4v) is 5.20. The molecule has 0 radical (unpaired) electrons. The molecule has 9 nitrogen and oxygen atoms in total. The summed E-state index contributed by atoms with van der Waals surface area (Å²) in [6.45, 7) is 3.48. The number of benzene rings is 2. The molecular formula is C29H31ClN4O5S. The molecule has 0 bridgehead atoms. The number of anilines is 1. The van der Waals surface area contributed by atoms with Crippen molar-refractivity contribution in [3.8, 4) is 27.8 Å². The van der Waals surface area contributed by atoms with Gasteiger partial charge < -0.3 is 19.1 Å². The van der Waals surface area contributed by atoms with Crippen LogP contribution in [-0.2, 0) is 14.3 Å². The maximum absolute atomic E-state index is 13.7. The molecule has 1 N–H and O–H groups in total. The molecular weight excluding hydrogens is 552 g/mol. The van der Waals surface area contributed by atoms with E-state index in [0.29, 0.717) is 33.0 Å². The van der Waals surface area contributed by atoms with Crippen LogP contribution >= 0.6 is 22.9 Å². The van der Waals surface area contributed by atoms with Gasteiger partial charge >= 0.3 is 0 Å². The van der Waals surface area contributed by atoms with Gasteiger partial charge in [0.2, 0.25) is 11.9 Å². The highest BCUT2D eigenvalue weighted by atomic mass is 35.5. The fourth-order valence-electron chi connectivity index (χ4n) is 4.20. The average Bonchev–Trinajstić information content (AvgIpc) is 3.58. The number of para-hydroxylation sites is 1. The number of amides is 2. The quantitative estimate of drug-likeness (QED) is 0.239. The molecule has 0 fully saturated rings.